The Bertz CT molecular complexity index is 272. The number of carboxylic acid groups (broad SMARTS) is 1. The van der Waals surface area contributed by atoms with Crippen LogP contribution in [-0.2, 0) is 9.53 Å². The number of carboxylic acids is 1. The molecular formula is C6H10O9. The zero-order chi connectivity index (χ0) is 12.0. The lowest BCUT2D eigenvalue weighted by atomic mass is 9.92. The fourth-order valence-corrected chi connectivity index (χ4v) is 1.11. The van der Waals surface area contributed by atoms with Gasteiger partial charge in [-0.25, -0.2) is 4.79 Å². The number of hydrogen-bond acceptors (Lipinski definition) is 8. The number of rotatable bonds is 1. The highest BCUT2D eigenvalue weighted by Crippen LogP contribution is 2.33. The monoisotopic (exact) mass is 226 g/mol. The van der Waals surface area contributed by atoms with Crippen molar-refractivity contribution in [2.24, 2.45) is 0 Å². The van der Waals surface area contributed by atoms with E-state index in [-0.39, 0.29) is 0 Å². The van der Waals surface area contributed by atoms with Gasteiger partial charge in [0.2, 0.25) is 6.29 Å². The van der Waals surface area contributed by atoms with Crippen molar-refractivity contribution in [2.75, 3.05) is 0 Å². The standard InChI is InChI=1S/C6H10O9/c7-2-1(3(8)9)15-4(10)6(13,14)5(2,11)12/h1-2,4,7,10-14H,(H,8,9)/t1?,2-,4-/m1/s1. The van der Waals surface area contributed by atoms with Crippen LogP contribution in [0.1, 0.15) is 0 Å². The second-order valence-corrected chi connectivity index (χ2v) is 3.14. The summed E-state index contributed by atoms with van der Waals surface area (Å²) in [6.07, 6.45) is -7.31. The Hall–Kier alpha value is -0.810. The van der Waals surface area contributed by atoms with Gasteiger partial charge in [-0.15, -0.1) is 0 Å². The van der Waals surface area contributed by atoms with E-state index < -0.39 is 36.0 Å². The minimum absolute atomic E-state index is 1.80. The Labute approximate surface area is 82.4 Å². The van der Waals surface area contributed by atoms with Gasteiger partial charge in [0.1, 0.15) is 0 Å². The zero-order valence-corrected chi connectivity index (χ0v) is 7.18. The van der Waals surface area contributed by atoms with Gasteiger partial charge < -0.3 is 40.5 Å². The van der Waals surface area contributed by atoms with Gasteiger partial charge in [0.05, 0.1) is 0 Å². The van der Waals surface area contributed by atoms with Crippen LogP contribution in [0.15, 0.2) is 0 Å². The van der Waals surface area contributed by atoms with Crippen LogP contribution in [0, 0.1) is 0 Å². The fraction of sp³-hybridized carbons (Fsp3) is 0.833. The van der Waals surface area contributed by atoms with E-state index in [1.54, 1.807) is 0 Å². The number of carbonyl (C=O) groups is 1. The number of aliphatic hydroxyl groups is 6. The number of aliphatic carboxylic acids is 1. The molecule has 0 aromatic heterocycles. The van der Waals surface area contributed by atoms with Gasteiger partial charge in [-0.05, 0) is 0 Å². The molecule has 9 nitrogen and oxygen atoms in total. The molecule has 1 saturated heterocycles. The van der Waals surface area contributed by atoms with Gasteiger partial charge >= 0.3 is 5.97 Å². The molecule has 9 heteroatoms. The number of hydrogen-bond donors (Lipinski definition) is 7. The molecule has 88 valence electrons. The quantitative estimate of drug-likeness (QED) is 0.218. The molecule has 0 aliphatic carbocycles. The summed E-state index contributed by atoms with van der Waals surface area (Å²) in [5, 5.41) is 62.5. The maximum atomic E-state index is 10.4. The molecule has 15 heavy (non-hydrogen) atoms. The van der Waals surface area contributed by atoms with Gasteiger partial charge in [0, 0.05) is 0 Å². The van der Waals surface area contributed by atoms with Gasteiger partial charge in [-0.2, -0.15) is 0 Å². The minimum Gasteiger partial charge on any atom is -0.479 e. The Balaban J connectivity index is 3.07. The summed E-state index contributed by atoms with van der Waals surface area (Å²) in [5.74, 6) is -9.03. The predicted molar refractivity (Wildman–Crippen MR) is 38.9 cm³/mol. The first-order chi connectivity index (χ1) is 6.62. The van der Waals surface area contributed by atoms with E-state index >= 15 is 0 Å². The molecule has 7 N–H and O–H groups in total. The Morgan fingerprint density at radius 3 is 1.93 bits per heavy atom. The van der Waals surface area contributed by atoms with Crippen LogP contribution >= 0.6 is 0 Å². The molecule has 1 fully saturated rings. The SMILES string of the molecule is O=C(O)C1O[C@@H](O)C(O)(O)C(O)(O)[C@@H]1O. The maximum Gasteiger partial charge on any atom is 0.335 e. The third-order valence-electron chi connectivity index (χ3n) is 2.10. The van der Waals surface area contributed by atoms with E-state index in [1.165, 1.54) is 0 Å². The van der Waals surface area contributed by atoms with Crippen LogP contribution in [0.25, 0.3) is 0 Å². The van der Waals surface area contributed by atoms with Crippen molar-refractivity contribution in [3.8, 4) is 0 Å². The average Bonchev–Trinajstić information content (AvgIpc) is 2.09. The lowest BCUT2D eigenvalue weighted by Crippen LogP contribution is -2.75. The molecular weight excluding hydrogens is 216 g/mol. The van der Waals surface area contributed by atoms with Crippen molar-refractivity contribution in [3.63, 3.8) is 0 Å². The maximum absolute atomic E-state index is 10.4. The summed E-state index contributed by atoms with van der Waals surface area (Å²) < 4.78 is 4.10. The van der Waals surface area contributed by atoms with E-state index in [0.717, 1.165) is 0 Å². The molecule has 1 unspecified atom stereocenters. The summed E-state index contributed by atoms with van der Waals surface area (Å²) in [4.78, 5) is 10.4. The molecule has 0 radical (unpaired) electrons. The molecule has 0 bridgehead atoms. The van der Waals surface area contributed by atoms with Crippen LogP contribution in [-0.4, -0.2) is 71.8 Å². The molecule has 1 heterocycles. The number of aliphatic hydroxyl groups excluding tert-OH is 2. The summed E-state index contributed by atoms with van der Waals surface area (Å²) in [7, 11) is 0. The Kier molecular flexibility index (Phi) is 2.74. The number of ether oxygens (including phenoxy) is 1. The van der Waals surface area contributed by atoms with Gasteiger partial charge in [0.25, 0.3) is 11.6 Å². The van der Waals surface area contributed by atoms with Crippen LogP contribution < -0.4 is 0 Å². The van der Waals surface area contributed by atoms with Crippen molar-refractivity contribution < 1.29 is 45.3 Å². The third-order valence-corrected chi connectivity index (χ3v) is 2.10. The summed E-state index contributed by atoms with van der Waals surface area (Å²) in [5.41, 5.74) is 0. The smallest absolute Gasteiger partial charge is 0.335 e. The highest BCUT2D eigenvalue weighted by atomic mass is 16.7. The van der Waals surface area contributed by atoms with Crippen LogP contribution in [0.5, 0.6) is 0 Å². The highest BCUT2D eigenvalue weighted by Gasteiger charge is 2.65. The first-order valence-electron chi connectivity index (χ1n) is 3.76. The van der Waals surface area contributed by atoms with E-state index in [4.69, 9.17) is 35.7 Å². The largest absolute Gasteiger partial charge is 0.479 e. The van der Waals surface area contributed by atoms with E-state index in [1.807, 2.05) is 0 Å². The van der Waals surface area contributed by atoms with Gasteiger partial charge in [0.15, 0.2) is 12.2 Å². The molecule has 3 atom stereocenters. The Morgan fingerprint density at radius 2 is 1.53 bits per heavy atom. The normalized spacial score (nSPS) is 38.7. The first-order valence-corrected chi connectivity index (χ1v) is 3.76. The summed E-state index contributed by atoms with van der Waals surface area (Å²) >= 11 is 0. The highest BCUT2D eigenvalue weighted by molar-refractivity contribution is 5.73. The summed E-state index contributed by atoms with van der Waals surface area (Å²) in [6, 6.07) is 0. The van der Waals surface area contributed by atoms with Crippen LogP contribution in [0.2, 0.25) is 0 Å². The van der Waals surface area contributed by atoms with Crippen molar-refractivity contribution in [1.82, 2.24) is 0 Å². The van der Waals surface area contributed by atoms with Crippen molar-refractivity contribution in [1.29, 1.82) is 0 Å². The molecule has 1 aliphatic rings. The summed E-state index contributed by atoms with van der Waals surface area (Å²) in [6.45, 7) is 0. The van der Waals surface area contributed by atoms with Crippen LogP contribution in [0.3, 0.4) is 0 Å². The molecule has 0 spiro atoms. The molecule has 0 aromatic carbocycles. The van der Waals surface area contributed by atoms with Crippen molar-refractivity contribution in [3.05, 3.63) is 0 Å². The lowest BCUT2D eigenvalue weighted by Gasteiger charge is -2.46. The molecule has 0 amide bonds. The van der Waals surface area contributed by atoms with Crippen molar-refractivity contribution >= 4 is 5.97 Å². The molecule has 0 saturated carbocycles. The van der Waals surface area contributed by atoms with Gasteiger partial charge in [-0.3, -0.25) is 0 Å². The molecule has 1 aliphatic heterocycles. The minimum atomic E-state index is -3.63. The second-order valence-electron chi connectivity index (χ2n) is 3.14. The van der Waals surface area contributed by atoms with Crippen LogP contribution in [0.4, 0.5) is 0 Å². The zero-order valence-electron chi connectivity index (χ0n) is 7.18. The van der Waals surface area contributed by atoms with Crippen molar-refractivity contribution in [2.45, 2.75) is 30.1 Å². The predicted octanol–water partition coefficient (Wildman–Crippen LogP) is -4.49. The fourth-order valence-electron chi connectivity index (χ4n) is 1.11. The van der Waals surface area contributed by atoms with Gasteiger partial charge in [-0.1, -0.05) is 0 Å². The average molecular weight is 226 g/mol. The molecule has 0 aromatic rings. The third kappa shape index (κ3) is 1.59. The van der Waals surface area contributed by atoms with E-state index in [2.05, 4.69) is 4.74 Å². The lowest BCUT2D eigenvalue weighted by molar-refractivity contribution is -0.473. The topological polar surface area (TPSA) is 168 Å². The Morgan fingerprint density at radius 1 is 1.07 bits per heavy atom. The molecule has 1 rings (SSSR count). The first kappa shape index (κ1) is 12.3. The van der Waals surface area contributed by atoms with E-state index in [9.17, 15) is 4.79 Å². The van der Waals surface area contributed by atoms with E-state index in [0.29, 0.717) is 0 Å². The second kappa shape index (κ2) is 3.35.